The number of ether oxygens (including phenoxy) is 4. The predicted octanol–water partition coefficient (Wildman–Crippen LogP) is 5.84. The molecule has 5 fully saturated rings. The van der Waals surface area contributed by atoms with E-state index in [-0.39, 0.29) is 86.2 Å². The van der Waals surface area contributed by atoms with Crippen LogP contribution in [0.1, 0.15) is 145 Å². The molecule has 18 heteroatoms. The smallest absolute Gasteiger partial charge is 0.316 e. The number of hydrogen-bond acceptors (Lipinski definition) is 16. The second kappa shape index (κ2) is 18.8. The van der Waals surface area contributed by atoms with Crippen molar-refractivity contribution < 1.29 is 71.7 Å². The van der Waals surface area contributed by atoms with Crippen molar-refractivity contribution in [3.05, 3.63) is 52.9 Å². The molecule has 388 valence electrons. The van der Waals surface area contributed by atoms with Gasteiger partial charge in [0, 0.05) is 17.0 Å². The Morgan fingerprint density at radius 1 is 0.871 bits per heavy atom. The van der Waals surface area contributed by atoms with Gasteiger partial charge in [-0.15, -0.1) is 0 Å². The molecule has 6 aliphatic rings. The second-order valence-electron chi connectivity index (χ2n) is 23.7. The third-order valence-electron chi connectivity index (χ3n) is 18.9. The number of esters is 3. The zero-order chi connectivity index (χ0) is 51.0. The number of aromatic nitrogens is 2. The normalized spacial score (nSPS) is 38.1. The van der Waals surface area contributed by atoms with E-state index in [9.17, 15) is 48.4 Å². The summed E-state index contributed by atoms with van der Waals surface area (Å²) in [5.74, 6) is -1.12. The third-order valence-corrected chi connectivity index (χ3v) is 20.7. The van der Waals surface area contributed by atoms with Gasteiger partial charge in [0.2, 0.25) is 12.0 Å². The Kier molecular flexibility index (Phi) is 14.1. The van der Waals surface area contributed by atoms with E-state index < -0.39 is 81.6 Å². The summed E-state index contributed by atoms with van der Waals surface area (Å²) in [6.07, 6.45) is 1.36. The number of aliphatic hydroxyl groups is 4. The summed E-state index contributed by atoms with van der Waals surface area (Å²) in [7, 11) is -4.22. The Balaban J connectivity index is 0.901. The molecule has 4 saturated carbocycles. The number of benzene rings is 1. The van der Waals surface area contributed by atoms with Crippen molar-refractivity contribution in [3.63, 3.8) is 0 Å². The molecule has 1 aromatic heterocycles. The van der Waals surface area contributed by atoms with E-state index in [1.165, 1.54) is 29.8 Å². The molecule has 4 N–H and O–H groups in total. The van der Waals surface area contributed by atoms with Gasteiger partial charge in [-0.25, -0.2) is 8.42 Å². The molecule has 0 amide bonds. The van der Waals surface area contributed by atoms with E-state index >= 15 is 0 Å². The molecule has 70 heavy (non-hydrogen) atoms. The number of allylic oxidation sites excluding steroid dienone is 2. The lowest BCUT2D eigenvalue weighted by Gasteiger charge is -2.71. The highest BCUT2D eigenvalue weighted by molar-refractivity contribution is 7.91. The molecule has 17 nitrogen and oxygen atoms in total. The number of rotatable bonds is 13. The van der Waals surface area contributed by atoms with Gasteiger partial charge < -0.3 is 44.6 Å². The third kappa shape index (κ3) is 8.81. The monoisotopic (exact) mass is 998 g/mol. The Morgan fingerprint density at radius 3 is 2.26 bits per heavy atom. The number of carbonyl (C=O) groups is 3. The van der Waals surface area contributed by atoms with Crippen LogP contribution in [0.2, 0.25) is 0 Å². The maximum Gasteiger partial charge on any atom is 0.316 e. The minimum absolute atomic E-state index is 0.0165. The first-order valence-corrected chi connectivity index (χ1v) is 26.7. The van der Waals surface area contributed by atoms with Crippen LogP contribution in [0.4, 0.5) is 0 Å². The first kappa shape index (κ1) is 52.4. The van der Waals surface area contributed by atoms with E-state index in [0.29, 0.717) is 25.2 Å². The van der Waals surface area contributed by atoms with Crippen LogP contribution in [-0.2, 0) is 49.6 Å². The molecule has 5 aliphatic carbocycles. The molecule has 14 atom stereocenters. The topological polar surface area (TPSA) is 256 Å². The molecule has 1 unspecified atom stereocenters. The van der Waals surface area contributed by atoms with Crippen molar-refractivity contribution in [1.29, 1.82) is 0 Å². The number of carbonyl (C=O) groups excluding carboxylic acids is 3. The fourth-order valence-electron chi connectivity index (χ4n) is 14.7. The van der Waals surface area contributed by atoms with Gasteiger partial charge in [-0.2, -0.15) is 0 Å². The number of hydrogen-bond donors (Lipinski definition) is 4. The Hall–Kier alpha value is -3.94. The predicted molar refractivity (Wildman–Crippen MR) is 249 cm³/mol. The van der Waals surface area contributed by atoms with Crippen molar-refractivity contribution in [3.8, 4) is 0 Å². The highest BCUT2D eigenvalue weighted by Gasteiger charge is 2.70. The van der Waals surface area contributed by atoms with E-state index in [0.717, 1.165) is 44.9 Å². The summed E-state index contributed by atoms with van der Waals surface area (Å²) in [6, 6.07) is 7.47. The van der Waals surface area contributed by atoms with E-state index in [1.807, 2.05) is 0 Å². The number of aliphatic hydroxyl groups excluding tert-OH is 4. The van der Waals surface area contributed by atoms with Gasteiger partial charge >= 0.3 is 22.9 Å². The average Bonchev–Trinajstić information content (AvgIpc) is 3.69. The molecule has 0 bridgehead atoms. The van der Waals surface area contributed by atoms with Gasteiger partial charge in [0.05, 0.1) is 35.9 Å². The standard InChI is InChI=1S/C52H74N2O15S/c1-30(14-16-34-44(54(62)69-53-34)70(63,64)31-12-10-9-11-13-31)65-39(56)18-19-40(57)67-38-21-22-49(6)36(48(38,4)5)20-23-51(8)37(49)17-15-32-33-28-47(2,3)24-26-52(33,27-25-50(32,51)7)46(61)68-45-43(60)42(59)41(58)35(29-55)66-45/h9-13,15,30,33,35-38,41-43,45,55,58-60H,14,16-29H2,1-8H3/t30?,33-,35+,36-,37+,38-,41-,42-,43+,45-,49-,50+,51+,52-/m0/s1. The minimum Gasteiger partial charge on any atom is -0.463 e. The maximum absolute atomic E-state index is 14.6. The lowest BCUT2D eigenvalue weighted by Crippen LogP contribution is -2.65. The minimum atomic E-state index is -4.22. The second-order valence-corrected chi connectivity index (χ2v) is 25.5. The van der Waals surface area contributed by atoms with Crippen molar-refractivity contribution in [2.75, 3.05) is 6.61 Å². The zero-order valence-corrected chi connectivity index (χ0v) is 42.7. The summed E-state index contributed by atoms with van der Waals surface area (Å²) < 4.78 is 54.4. The maximum atomic E-state index is 14.6. The largest absolute Gasteiger partial charge is 0.463 e. The van der Waals surface area contributed by atoms with Crippen LogP contribution in [0.3, 0.4) is 0 Å². The van der Waals surface area contributed by atoms with Crippen LogP contribution in [-0.4, -0.2) is 101 Å². The lowest BCUT2D eigenvalue weighted by molar-refractivity contribution is -0.832. The molecule has 0 radical (unpaired) electrons. The van der Waals surface area contributed by atoms with Crippen LogP contribution in [0, 0.1) is 55.5 Å². The highest BCUT2D eigenvalue weighted by Crippen LogP contribution is 2.76. The molecule has 1 saturated heterocycles. The summed E-state index contributed by atoms with van der Waals surface area (Å²) in [4.78, 5) is 40.8. The average molecular weight is 999 g/mol. The van der Waals surface area contributed by atoms with Crippen LogP contribution < -0.4 is 4.90 Å². The molecule has 1 aliphatic heterocycles. The summed E-state index contributed by atoms with van der Waals surface area (Å²) in [5.41, 5.74) is -0.473. The SMILES string of the molecule is CC(CCc1no[n+]([O-])c1S(=O)(=O)c1ccccc1)OC(=O)CCC(=O)O[C@H]1CC[C@]2(C)[C@H]3CC=C4[C@@H]5CC(C)(C)CC[C@]5(C(=O)O[C@@H]5O[C@H](CO)[C@H](O)[C@H](O)[C@H]5O)CC[C@@]4(C)[C@]3(C)CC[C@H]2C1(C)C. The summed E-state index contributed by atoms with van der Waals surface area (Å²) in [6.45, 7) is 17.2. The fourth-order valence-corrected chi connectivity index (χ4v) is 16.1. The van der Waals surface area contributed by atoms with Gasteiger partial charge in [-0.1, -0.05) is 78.3 Å². The lowest BCUT2D eigenvalue weighted by atomic mass is 9.33. The van der Waals surface area contributed by atoms with Crippen molar-refractivity contribution in [2.24, 2.45) is 50.2 Å². The molecule has 8 rings (SSSR count). The number of nitrogens with zero attached hydrogens (tertiary/aromatic N) is 2. The Morgan fingerprint density at radius 2 is 1.56 bits per heavy atom. The quantitative estimate of drug-likeness (QED) is 0.0795. The first-order valence-electron chi connectivity index (χ1n) is 25.3. The zero-order valence-electron chi connectivity index (χ0n) is 41.9. The molecule has 0 spiro atoms. The summed E-state index contributed by atoms with van der Waals surface area (Å²) >= 11 is 0. The van der Waals surface area contributed by atoms with Gasteiger partial charge in [0.15, 0.2) is 0 Å². The summed E-state index contributed by atoms with van der Waals surface area (Å²) in [5, 5.41) is 56.9. The van der Waals surface area contributed by atoms with Crippen molar-refractivity contribution in [2.45, 2.75) is 198 Å². The van der Waals surface area contributed by atoms with Crippen molar-refractivity contribution >= 4 is 27.7 Å². The van der Waals surface area contributed by atoms with Gasteiger partial charge in [-0.05, 0) is 134 Å². The van der Waals surface area contributed by atoms with Gasteiger partial charge in [0.25, 0.3) is 9.84 Å². The Labute approximate surface area is 411 Å². The van der Waals surface area contributed by atoms with Crippen LogP contribution >= 0.6 is 0 Å². The molecule has 2 aromatic rings. The molecule has 2 heterocycles. The molecule has 1 aromatic carbocycles. The number of fused-ring (bicyclic) bond motifs is 7. The van der Waals surface area contributed by atoms with Gasteiger partial charge in [0.1, 0.15) is 30.5 Å². The highest BCUT2D eigenvalue weighted by atomic mass is 32.2. The Bertz CT molecular complexity index is 2440. The van der Waals surface area contributed by atoms with Crippen LogP contribution in [0.5, 0.6) is 0 Å². The van der Waals surface area contributed by atoms with Crippen molar-refractivity contribution in [1.82, 2.24) is 5.16 Å². The fraction of sp³-hybridized carbons (Fsp3) is 0.750. The molecular formula is C52H74N2O15S. The van der Waals surface area contributed by atoms with E-state index in [2.05, 4.69) is 64.3 Å². The van der Waals surface area contributed by atoms with E-state index in [1.54, 1.807) is 13.0 Å². The number of sulfone groups is 1. The molecular weight excluding hydrogens is 925 g/mol. The van der Waals surface area contributed by atoms with Crippen LogP contribution in [0.25, 0.3) is 0 Å². The van der Waals surface area contributed by atoms with Gasteiger partial charge in [-0.3, -0.25) is 19.0 Å². The first-order chi connectivity index (χ1) is 32.8. The van der Waals surface area contributed by atoms with Crippen LogP contribution in [0.15, 0.2) is 56.5 Å². The van der Waals surface area contributed by atoms with E-state index in [4.69, 9.17) is 18.9 Å². The number of aryl methyl sites for hydroxylation is 1.